The summed E-state index contributed by atoms with van der Waals surface area (Å²) in [6, 6.07) is 7.93. The zero-order chi connectivity index (χ0) is 11.3. The van der Waals surface area contributed by atoms with Crippen molar-refractivity contribution in [1.82, 2.24) is 0 Å². The van der Waals surface area contributed by atoms with Crippen molar-refractivity contribution in [1.29, 1.82) is 0 Å². The standard InChI is InChI=1S/C12H20N2O/c1-3-14(4-2)11-7-5-6-10(8-11)12(15)9-13/h5-8,12,15H,3-4,9,13H2,1-2H3. The van der Waals surface area contributed by atoms with Crippen molar-refractivity contribution in [3.63, 3.8) is 0 Å². The van der Waals surface area contributed by atoms with Crippen molar-refractivity contribution in [2.45, 2.75) is 20.0 Å². The van der Waals surface area contributed by atoms with Crippen LogP contribution in [0.25, 0.3) is 0 Å². The molecule has 0 aliphatic rings. The van der Waals surface area contributed by atoms with Gasteiger partial charge in [-0.2, -0.15) is 0 Å². The van der Waals surface area contributed by atoms with E-state index in [0.717, 1.165) is 24.3 Å². The van der Waals surface area contributed by atoms with E-state index in [1.165, 1.54) is 0 Å². The summed E-state index contributed by atoms with van der Waals surface area (Å²) in [5, 5.41) is 9.64. The molecule has 0 amide bonds. The lowest BCUT2D eigenvalue weighted by Crippen LogP contribution is -2.22. The minimum atomic E-state index is -0.555. The number of hydrogen-bond acceptors (Lipinski definition) is 3. The van der Waals surface area contributed by atoms with Gasteiger partial charge in [-0.25, -0.2) is 0 Å². The van der Waals surface area contributed by atoms with Crippen LogP contribution in [0.4, 0.5) is 5.69 Å². The van der Waals surface area contributed by atoms with Gasteiger partial charge in [0.15, 0.2) is 0 Å². The first-order valence-electron chi connectivity index (χ1n) is 5.46. The molecule has 0 aromatic heterocycles. The number of aliphatic hydroxyl groups is 1. The van der Waals surface area contributed by atoms with Crippen LogP contribution in [0.1, 0.15) is 25.5 Å². The Balaban J connectivity index is 2.91. The van der Waals surface area contributed by atoms with Gasteiger partial charge in [0.25, 0.3) is 0 Å². The van der Waals surface area contributed by atoms with Gasteiger partial charge in [0.2, 0.25) is 0 Å². The monoisotopic (exact) mass is 208 g/mol. The molecular formula is C12H20N2O. The number of aliphatic hydroxyl groups excluding tert-OH is 1. The molecule has 1 aromatic carbocycles. The van der Waals surface area contributed by atoms with E-state index in [-0.39, 0.29) is 6.54 Å². The number of hydrogen-bond donors (Lipinski definition) is 2. The Morgan fingerprint density at radius 2 is 2.00 bits per heavy atom. The molecule has 84 valence electrons. The molecule has 15 heavy (non-hydrogen) atoms. The third kappa shape index (κ3) is 2.94. The predicted molar refractivity (Wildman–Crippen MR) is 64.0 cm³/mol. The molecule has 1 aromatic rings. The number of rotatable bonds is 5. The first-order valence-corrected chi connectivity index (χ1v) is 5.46. The molecule has 1 atom stereocenters. The number of anilines is 1. The van der Waals surface area contributed by atoms with Gasteiger partial charge >= 0.3 is 0 Å². The molecule has 0 saturated heterocycles. The molecule has 3 N–H and O–H groups in total. The van der Waals surface area contributed by atoms with Gasteiger partial charge in [0.05, 0.1) is 6.10 Å². The van der Waals surface area contributed by atoms with Crippen LogP contribution in [-0.4, -0.2) is 24.7 Å². The van der Waals surface area contributed by atoms with Crippen molar-refractivity contribution in [3.05, 3.63) is 29.8 Å². The SMILES string of the molecule is CCN(CC)c1cccc(C(O)CN)c1. The van der Waals surface area contributed by atoms with Crippen LogP contribution in [0.15, 0.2) is 24.3 Å². The maximum absolute atomic E-state index is 9.64. The molecular weight excluding hydrogens is 188 g/mol. The largest absolute Gasteiger partial charge is 0.387 e. The Hall–Kier alpha value is -1.06. The molecule has 0 heterocycles. The van der Waals surface area contributed by atoms with E-state index in [9.17, 15) is 5.11 Å². The lowest BCUT2D eigenvalue weighted by atomic mass is 10.1. The van der Waals surface area contributed by atoms with Crippen molar-refractivity contribution in [2.75, 3.05) is 24.5 Å². The van der Waals surface area contributed by atoms with E-state index in [2.05, 4.69) is 24.8 Å². The summed E-state index contributed by atoms with van der Waals surface area (Å²) in [7, 11) is 0. The van der Waals surface area contributed by atoms with E-state index >= 15 is 0 Å². The van der Waals surface area contributed by atoms with Crippen LogP contribution in [0.5, 0.6) is 0 Å². The Morgan fingerprint density at radius 3 is 2.53 bits per heavy atom. The lowest BCUT2D eigenvalue weighted by Gasteiger charge is -2.22. The fraction of sp³-hybridized carbons (Fsp3) is 0.500. The van der Waals surface area contributed by atoms with Crippen LogP contribution in [0, 0.1) is 0 Å². The maximum Gasteiger partial charge on any atom is 0.0912 e. The zero-order valence-corrected chi connectivity index (χ0v) is 9.48. The first-order chi connectivity index (χ1) is 7.22. The smallest absolute Gasteiger partial charge is 0.0912 e. The first kappa shape index (κ1) is 12.0. The molecule has 1 rings (SSSR count). The normalized spacial score (nSPS) is 12.5. The van der Waals surface area contributed by atoms with Crippen molar-refractivity contribution in [2.24, 2.45) is 5.73 Å². The van der Waals surface area contributed by atoms with Crippen LogP contribution in [0.3, 0.4) is 0 Å². The highest BCUT2D eigenvalue weighted by molar-refractivity contribution is 5.48. The van der Waals surface area contributed by atoms with Gasteiger partial charge in [0.1, 0.15) is 0 Å². The Labute approximate surface area is 91.5 Å². The third-order valence-corrected chi connectivity index (χ3v) is 2.61. The molecule has 0 radical (unpaired) electrons. The summed E-state index contributed by atoms with van der Waals surface area (Å²) in [5.74, 6) is 0. The highest BCUT2D eigenvalue weighted by atomic mass is 16.3. The average Bonchev–Trinajstić information content (AvgIpc) is 2.30. The molecule has 0 bridgehead atoms. The van der Waals surface area contributed by atoms with Gasteiger partial charge < -0.3 is 15.7 Å². The zero-order valence-electron chi connectivity index (χ0n) is 9.48. The van der Waals surface area contributed by atoms with Gasteiger partial charge in [-0.1, -0.05) is 12.1 Å². The van der Waals surface area contributed by atoms with Crippen molar-refractivity contribution >= 4 is 5.69 Å². The quantitative estimate of drug-likeness (QED) is 0.771. The minimum absolute atomic E-state index is 0.266. The summed E-state index contributed by atoms with van der Waals surface area (Å²) in [4.78, 5) is 2.24. The van der Waals surface area contributed by atoms with Gasteiger partial charge in [-0.05, 0) is 31.5 Å². The lowest BCUT2D eigenvalue weighted by molar-refractivity contribution is 0.187. The van der Waals surface area contributed by atoms with Gasteiger partial charge in [0, 0.05) is 25.3 Å². The number of nitrogens with zero attached hydrogens (tertiary/aromatic N) is 1. The van der Waals surface area contributed by atoms with E-state index in [1.54, 1.807) is 0 Å². The molecule has 0 aliphatic carbocycles. The molecule has 0 saturated carbocycles. The van der Waals surface area contributed by atoms with Crippen LogP contribution >= 0.6 is 0 Å². The summed E-state index contributed by atoms with van der Waals surface area (Å²) < 4.78 is 0. The highest BCUT2D eigenvalue weighted by Gasteiger charge is 2.07. The summed E-state index contributed by atoms with van der Waals surface area (Å²) in [6.45, 7) is 6.45. The van der Waals surface area contributed by atoms with E-state index in [1.807, 2.05) is 18.2 Å². The number of nitrogens with two attached hydrogens (primary N) is 1. The van der Waals surface area contributed by atoms with E-state index < -0.39 is 6.10 Å². The molecule has 3 nitrogen and oxygen atoms in total. The second kappa shape index (κ2) is 5.73. The topological polar surface area (TPSA) is 49.5 Å². The molecule has 3 heteroatoms. The van der Waals surface area contributed by atoms with Gasteiger partial charge in [-0.15, -0.1) is 0 Å². The summed E-state index contributed by atoms with van der Waals surface area (Å²) in [5.41, 5.74) is 7.47. The minimum Gasteiger partial charge on any atom is -0.387 e. The van der Waals surface area contributed by atoms with Gasteiger partial charge in [-0.3, -0.25) is 0 Å². The molecule has 0 aliphatic heterocycles. The van der Waals surface area contributed by atoms with E-state index in [0.29, 0.717) is 0 Å². The van der Waals surface area contributed by atoms with Crippen LogP contribution in [0.2, 0.25) is 0 Å². The van der Waals surface area contributed by atoms with Crippen molar-refractivity contribution < 1.29 is 5.11 Å². The molecule has 0 spiro atoms. The van der Waals surface area contributed by atoms with Crippen LogP contribution in [-0.2, 0) is 0 Å². The predicted octanol–water partition coefficient (Wildman–Crippen LogP) is 1.52. The fourth-order valence-corrected chi connectivity index (χ4v) is 1.65. The Bertz CT molecular complexity index is 297. The Morgan fingerprint density at radius 1 is 1.33 bits per heavy atom. The average molecular weight is 208 g/mol. The molecule has 1 unspecified atom stereocenters. The second-order valence-electron chi connectivity index (χ2n) is 3.52. The summed E-state index contributed by atoms with van der Waals surface area (Å²) in [6.07, 6.45) is -0.555. The Kier molecular flexibility index (Phi) is 4.59. The highest BCUT2D eigenvalue weighted by Crippen LogP contribution is 2.19. The van der Waals surface area contributed by atoms with E-state index in [4.69, 9.17) is 5.73 Å². The maximum atomic E-state index is 9.64. The number of benzene rings is 1. The molecule has 0 fully saturated rings. The summed E-state index contributed by atoms with van der Waals surface area (Å²) >= 11 is 0. The fourth-order valence-electron chi connectivity index (χ4n) is 1.65. The second-order valence-corrected chi connectivity index (χ2v) is 3.52. The van der Waals surface area contributed by atoms with Crippen LogP contribution < -0.4 is 10.6 Å². The third-order valence-electron chi connectivity index (χ3n) is 2.61. The van der Waals surface area contributed by atoms with Crippen molar-refractivity contribution in [3.8, 4) is 0 Å².